The van der Waals surface area contributed by atoms with E-state index in [1.54, 1.807) is 0 Å². The van der Waals surface area contributed by atoms with Crippen molar-refractivity contribution >= 4 is 5.91 Å². The summed E-state index contributed by atoms with van der Waals surface area (Å²) < 4.78 is 0. The number of carbonyl (C=O) groups excluding carboxylic acids is 1. The fourth-order valence-corrected chi connectivity index (χ4v) is 2.68. The molecule has 0 unspecified atom stereocenters. The Kier molecular flexibility index (Phi) is 4.97. The maximum atomic E-state index is 12.1. The van der Waals surface area contributed by atoms with Crippen LogP contribution in [0.5, 0.6) is 0 Å². The molecule has 19 heavy (non-hydrogen) atoms. The van der Waals surface area contributed by atoms with Gasteiger partial charge in [0.05, 0.1) is 6.54 Å². The molecule has 0 saturated carbocycles. The fraction of sp³-hybridized carbons (Fsp3) is 0.562. The van der Waals surface area contributed by atoms with E-state index in [1.807, 2.05) is 17.0 Å². The lowest BCUT2D eigenvalue weighted by molar-refractivity contribution is -0.131. The van der Waals surface area contributed by atoms with E-state index in [0.29, 0.717) is 6.54 Å². The number of hydrogen-bond donors (Lipinski definition) is 1. The van der Waals surface area contributed by atoms with E-state index in [1.165, 1.54) is 17.5 Å². The summed E-state index contributed by atoms with van der Waals surface area (Å²) in [5.41, 5.74) is 2.54. The number of nitrogens with zero attached hydrogens (tertiary/aromatic N) is 1. The van der Waals surface area contributed by atoms with Gasteiger partial charge < -0.3 is 10.2 Å². The molecule has 0 spiro atoms. The van der Waals surface area contributed by atoms with Crippen LogP contribution in [0.15, 0.2) is 24.3 Å². The first-order valence-electron chi connectivity index (χ1n) is 7.25. The third-order valence-corrected chi connectivity index (χ3v) is 3.92. The molecule has 1 aliphatic rings. The molecule has 3 heteroatoms. The molecule has 0 radical (unpaired) electrons. The zero-order valence-corrected chi connectivity index (χ0v) is 12.0. The van der Waals surface area contributed by atoms with Crippen molar-refractivity contribution in [2.75, 3.05) is 19.6 Å². The number of benzene rings is 1. The lowest BCUT2D eigenvalue weighted by Gasteiger charge is -2.27. The minimum Gasteiger partial charge on any atom is -0.342 e. The quantitative estimate of drug-likeness (QED) is 0.902. The summed E-state index contributed by atoms with van der Waals surface area (Å²) in [4.78, 5) is 14.1. The predicted molar refractivity (Wildman–Crippen MR) is 78.0 cm³/mol. The van der Waals surface area contributed by atoms with Gasteiger partial charge in [-0.1, -0.05) is 24.3 Å². The molecule has 1 saturated heterocycles. The lowest BCUT2D eigenvalue weighted by Crippen LogP contribution is -2.41. The van der Waals surface area contributed by atoms with Crippen molar-refractivity contribution in [1.29, 1.82) is 0 Å². The average molecular weight is 260 g/mol. The van der Waals surface area contributed by atoms with E-state index in [9.17, 15) is 4.79 Å². The summed E-state index contributed by atoms with van der Waals surface area (Å²) in [6, 6.07) is 8.55. The van der Waals surface area contributed by atoms with Crippen molar-refractivity contribution in [1.82, 2.24) is 10.2 Å². The maximum Gasteiger partial charge on any atom is 0.236 e. The van der Waals surface area contributed by atoms with Crippen LogP contribution in [0.4, 0.5) is 0 Å². The summed E-state index contributed by atoms with van der Waals surface area (Å²) in [7, 11) is 0. The van der Waals surface area contributed by atoms with Gasteiger partial charge in [0.25, 0.3) is 0 Å². The second kappa shape index (κ2) is 6.71. The second-order valence-electron chi connectivity index (χ2n) is 5.40. The molecule has 1 heterocycles. The van der Waals surface area contributed by atoms with Crippen LogP contribution >= 0.6 is 0 Å². The zero-order chi connectivity index (χ0) is 13.7. The van der Waals surface area contributed by atoms with Crippen LogP contribution in [0.2, 0.25) is 0 Å². The van der Waals surface area contributed by atoms with Crippen LogP contribution in [0.1, 0.15) is 43.4 Å². The van der Waals surface area contributed by atoms with Gasteiger partial charge in [0.1, 0.15) is 0 Å². The largest absolute Gasteiger partial charge is 0.342 e. The van der Waals surface area contributed by atoms with Crippen LogP contribution in [-0.2, 0) is 4.79 Å². The van der Waals surface area contributed by atoms with Crippen LogP contribution in [0.3, 0.4) is 0 Å². The van der Waals surface area contributed by atoms with Crippen LogP contribution in [0.25, 0.3) is 0 Å². The molecule has 0 bridgehead atoms. The zero-order valence-electron chi connectivity index (χ0n) is 12.0. The topological polar surface area (TPSA) is 32.3 Å². The van der Waals surface area contributed by atoms with Crippen LogP contribution in [-0.4, -0.2) is 30.4 Å². The predicted octanol–water partition coefficient (Wildman–Crippen LogP) is 2.66. The molecule has 1 N–H and O–H groups in total. The van der Waals surface area contributed by atoms with Gasteiger partial charge in [0, 0.05) is 19.1 Å². The molecule has 104 valence electrons. The molecule has 1 fully saturated rings. The van der Waals surface area contributed by atoms with E-state index in [0.717, 1.165) is 25.9 Å². The van der Waals surface area contributed by atoms with Gasteiger partial charge >= 0.3 is 0 Å². The molecule has 0 aliphatic carbocycles. The van der Waals surface area contributed by atoms with E-state index in [-0.39, 0.29) is 11.9 Å². The third-order valence-electron chi connectivity index (χ3n) is 3.92. The second-order valence-corrected chi connectivity index (χ2v) is 5.40. The standard InChI is InChI=1S/C16H24N2O/c1-13-8-4-5-9-15(13)14(2)17-12-16(19)18-10-6-3-7-11-18/h4-5,8-9,14,17H,3,6-7,10-12H2,1-2H3/t14-/m0/s1. The van der Waals surface area contributed by atoms with Crippen LogP contribution < -0.4 is 5.32 Å². The van der Waals surface area contributed by atoms with Gasteiger partial charge in [-0.05, 0) is 44.2 Å². The first-order valence-corrected chi connectivity index (χ1v) is 7.25. The van der Waals surface area contributed by atoms with Crippen LogP contribution in [0, 0.1) is 6.92 Å². The minimum atomic E-state index is 0.218. The summed E-state index contributed by atoms with van der Waals surface area (Å²) in [5.74, 6) is 0.236. The van der Waals surface area contributed by atoms with Gasteiger partial charge in [-0.15, -0.1) is 0 Å². The third kappa shape index (κ3) is 3.80. The number of rotatable bonds is 4. The van der Waals surface area contributed by atoms with Gasteiger partial charge in [0.15, 0.2) is 0 Å². The molecule has 1 aromatic carbocycles. The molecule has 2 rings (SSSR count). The number of aryl methyl sites for hydroxylation is 1. The molecule has 0 aromatic heterocycles. The highest BCUT2D eigenvalue weighted by Gasteiger charge is 2.17. The monoisotopic (exact) mass is 260 g/mol. The summed E-state index contributed by atoms with van der Waals surface area (Å²) in [6.07, 6.45) is 3.56. The highest BCUT2D eigenvalue weighted by Crippen LogP contribution is 2.16. The average Bonchev–Trinajstić information content (AvgIpc) is 2.46. The van der Waals surface area contributed by atoms with Gasteiger partial charge in [-0.2, -0.15) is 0 Å². The Morgan fingerprint density at radius 1 is 1.26 bits per heavy atom. The SMILES string of the molecule is Cc1ccccc1[C@H](C)NCC(=O)N1CCCCC1. The number of carbonyl (C=O) groups is 1. The first-order chi connectivity index (χ1) is 9.18. The minimum absolute atomic E-state index is 0.218. The Labute approximate surface area is 116 Å². The Balaban J connectivity index is 1.84. The van der Waals surface area contributed by atoms with Crippen molar-refractivity contribution in [3.8, 4) is 0 Å². The Hall–Kier alpha value is -1.35. The van der Waals surface area contributed by atoms with Gasteiger partial charge in [-0.25, -0.2) is 0 Å². The Bertz CT molecular complexity index is 425. The highest BCUT2D eigenvalue weighted by molar-refractivity contribution is 5.78. The smallest absolute Gasteiger partial charge is 0.236 e. The molecule has 1 aliphatic heterocycles. The molecule has 1 atom stereocenters. The van der Waals surface area contributed by atoms with Crippen molar-refractivity contribution in [3.05, 3.63) is 35.4 Å². The molecule has 1 aromatic rings. The van der Waals surface area contributed by atoms with E-state index >= 15 is 0 Å². The van der Waals surface area contributed by atoms with Crippen molar-refractivity contribution in [3.63, 3.8) is 0 Å². The Morgan fingerprint density at radius 3 is 2.63 bits per heavy atom. The highest BCUT2D eigenvalue weighted by atomic mass is 16.2. The first kappa shape index (κ1) is 14.1. The molecule has 3 nitrogen and oxygen atoms in total. The Morgan fingerprint density at radius 2 is 1.95 bits per heavy atom. The molecular formula is C16H24N2O. The fourth-order valence-electron chi connectivity index (χ4n) is 2.68. The number of likely N-dealkylation sites (tertiary alicyclic amines) is 1. The van der Waals surface area contributed by atoms with E-state index < -0.39 is 0 Å². The molecular weight excluding hydrogens is 236 g/mol. The van der Waals surface area contributed by atoms with Crippen molar-refractivity contribution < 1.29 is 4.79 Å². The number of hydrogen-bond acceptors (Lipinski definition) is 2. The van der Waals surface area contributed by atoms with Crippen molar-refractivity contribution in [2.45, 2.75) is 39.2 Å². The van der Waals surface area contributed by atoms with E-state index in [2.05, 4.69) is 31.3 Å². The van der Waals surface area contributed by atoms with Gasteiger partial charge in [-0.3, -0.25) is 4.79 Å². The lowest BCUT2D eigenvalue weighted by atomic mass is 10.0. The molecule has 1 amide bonds. The normalized spacial score (nSPS) is 17.3. The number of nitrogens with one attached hydrogen (secondary N) is 1. The van der Waals surface area contributed by atoms with Crippen molar-refractivity contribution in [2.24, 2.45) is 0 Å². The maximum absolute atomic E-state index is 12.1. The van der Waals surface area contributed by atoms with E-state index in [4.69, 9.17) is 0 Å². The summed E-state index contributed by atoms with van der Waals surface area (Å²) in [6.45, 7) is 6.53. The summed E-state index contributed by atoms with van der Waals surface area (Å²) in [5, 5.41) is 3.35. The number of amides is 1. The number of piperidine rings is 1. The summed E-state index contributed by atoms with van der Waals surface area (Å²) >= 11 is 0. The van der Waals surface area contributed by atoms with Gasteiger partial charge in [0.2, 0.25) is 5.91 Å².